The molecule has 0 fully saturated rings. The highest BCUT2D eigenvalue weighted by Gasteiger charge is 1.65. The Morgan fingerprint density at radius 3 is 0.938 bits per heavy atom. The number of aliphatic hydroxyl groups excluding tert-OH is 3. The Morgan fingerprint density at radius 2 is 0.938 bits per heavy atom. The van der Waals surface area contributed by atoms with Crippen LogP contribution in [0.3, 0.4) is 0 Å². The zero-order valence-corrected chi connectivity index (χ0v) is 9.03. The number of rotatable bonds is 3. The van der Waals surface area contributed by atoms with E-state index in [9.17, 15) is 0 Å². The molecule has 0 rings (SSSR count). The highest BCUT2D eigenvalue weighted by Crippen LogP contribution is 1.38. The first-order valence-corrected chi connectivity index (χ1v) is 4.24. The molecule has 0 aromatic rings. The molecule has 102 valence electrons. The van der Waals surface area contributed by atoms with E-state index in [1.165, 1.54) is 0 Å². The number of nitrogens with two attached hydrogens (primary N) is 3. The molecule has 0 aromatic carbocycles. The molecule has 0 atom stereocenters. The second-order valence-corrected chi connectivity index (χ2v) is 1.77. The molecular formula is C6H22N4O6. The van der Waals surface area contributed by atoms with E-state index in [0.717, 1.165) is 0 Å². The smallest absolute Gasteiger partial charge is 0.291 e. The standard InChI is InChI=1S/3C2H7NO.HNO3/c3*3-1-2-4;2-1(3)4/h3*4H,1-3H2;(H,2,3,4). The van der Waals surface area contributed by atoms with Crippen LogP contribution < -0.4 is 17.2 Å². The minimum Gasteiger partial charge on any atom is -0.395 e. The lowest BCUT2D eigenvalue weighted by Crippen LogP contribution is -2.02. The Hall–Kier alpha value is -1.04. The third kappa shape index (κ3) is 483. The first-order valence-electron chi connectivity index (χ1n) is 4.24. The predicted octanol–water partition coefficient (Wildman–Crippen LogP) is -3.54. The van der Waals surface area contributed by atoms with Crippen molar-refractivity contribution in [3.05, 3.63) is 10.1 Å². The molecule has 16 heavy (non-hydrogen) atoms. The van der Waals surface area contributed by atoms with Gasteiger partial charge in [0.25, 0.3) is 5.09 Å². The molecule has 10 N–H and O–H groups in total. The Bertz CT molecular complexity index is 87.5. The van der Waals surface area contributed by atoms with Crippen LogP contribution in [0.25, 0.3) is 0 Å². The molecule has 0 unspecified atom stereocenters. The van der Waals surface area contributed by atoms with E-state index in [1.807, 2.05) is 0 Å². The Morgan fingerprint density at radius 1 is 0.875 bits per heavy atom. The van der Waals surface area contributed by atoms with E-state index in [1.54, 1.807) is 0 Å². The van der Waals surface area contributed by atoms with Gasteiger partial charge in [0.05, 0.1) is 19.8 Å². The summed E-state index contributed by atoms with van der Waals surface area (Å²) < 4.78 is 0. The van der Waals surface area contributed by atoms with Crippen LogP contribution in [-0.2, 0) is 0 Å². The molecule has 0 bridgehead atoms. The van der Waals surface area contributed by atoms with Crippen molar-refractivity contribution in [1.82, 2.24) is 0 Å². The zero-order valence-electron chi connectivity index (χ0n) is 9.03. The van der Waals surface area contributed by atoms with Gasteiger partial charge in [0.15, 0.2) is 0 Å². The van der Waals surface area contributed by atoms with Gasteiger partial charge >= 0.3 is 0 Å². The third-order valence-corrected chi connectivity index (χ3v) is 0.387. The van der Waals surface area contributed by atoms with Crippen LogP contribution in [0.5, 0.6) is 0 Å². The minimum absolute atomic E-state index is 0.0972. The van der Waals surface area contributed by atoms with Crippen molar-refractivity contribution in [1.29, 1.82) is 0 Å². The maximum atomic E-state index is 8.36. The van der Waals surface area contributed by atoms with E-state index in [-0.39, 0.29) is 19.8 Å². The first-order chi connectivity index (χ1) is 7.47. The Balaban J connectivity index is -0.0000000600. The van der Waals surface area contributed by atoms with Crippen LogP contribution >= 0.6 is 0 Å². The van der Waals surface area contributed by atoms with Crippen LogP contribution in [0.1, 0.15) is 0 Å². The summed E-state index contributed by atoms with van der Waals surface area (Å²) in [6, 6.07) is 0. The molecule has 0 aliphatic rings. The SMILES string of the molecule is NCCO.NCCO.NCCO.O=[N+]([O-])O. The van der Waals surface area contributed by atoms with Crippen molar-refractivity contribution in [2.24, 2.45) is 17.2 Å². The number of hydrogen-bond donors (Lipinski definition) is 7. The van der Waals surface area contributed by atoms with Crippen molar-refractivity contribution < 1.29 is 25.6 Å². The summed E-state index contributed by atoms with van der Waals surface area (Å²) in [4.78, 5) is 8.36. The van der Waals surface area contributed by atoms with Gasteiger partial charge in [-0.3, -0.25) is 0 Å². The number of nitrogens with zero attached hydrogens (tertiary/aromatic N) is 1. The summed E-state index contributed by atoms with van der Waals surface area (Å²) >= 11 is 0. The zero-order chi connectivity index (χ0) is 13.8. The maximum absolute atomic E-state index is 8.36. The van der Waals surface area contributed by atoms with E-state index in [0.29, 0.717) is 19.6 Å². The van der Waals surface area contributed by atoms with Gasteiger partial charge in [0, 0.05) is 19.6 Å². The van der Waals surface area contributed by atoms with E-state index >= 15 is 0 Å². The largest absolute Gasteiger partial charge is 0.395 e. The van der Waals surface area contributed by atoms with Crippen LogP contribution in [-0.4, -0.2) is 65.1 Å². The molecule has 0 radical (unpaired) electrons. The summed E-state index contributed by atoms with van der Waals surface area (Å²) in [6.07, 6.45) is 0. The van der Waals surface area contributed by atoms with Gasteiger partial charge in [-0.25, -0.2) is 0 Å². The maximum Gasteiger partial charge on any atom is 0.291 e. The third-order valence-electron chi connectivity index (χ3n) is 0.387. The van der Waals surface area contributed by atoms with E-state index in [4.69, 9.17) is 47.8 Å². The lowest BCUT2D eigenvalue weighted by atomic mass is 10.8. The molecule has 0 heterocycles. The van der Waals surface area contributed by atoms with Crippen molar-refractivity contribution in [3.8, 4) is 0 Å². The summed E-state index contributed by atoms with van der Waals surface area (Å²) in [7, 11) is 0. The summed E-state index contributed by atoms with van der Waals surface area (Å²) in [5.74, 6) is 0. The second kappa shape index (κ2) is 37.0. The van der Waals surface area contributed by atoms with Crippen LogP contribution in [0, 0.1) is 10.1 Å². The molecule has 0 amide bonds. The number of aliphatic hydroxyl groups is 3. The van der Waals surface area contributed by atoms with Gasteiger partial charge < -0.3 is 37.7 Å². The molecule has 0 aliphatic carbocycles. The first kappa shape index (κ1) is 24.3. The van der Waals surface area contributed by atoms with Crippen LogP contribution in [0.15, 0.2) is 0 Å². The lowest BCUT2D eigenvalue weighted by molar-refractivity contribution is -0.742. The van der Waals surface area contributed by atoms with Gasteiger partial charge in [-0.1, -0.05) is 0 Å². The average molecular weight is 246 g/mol. The summed E-state index contributed by atoms with van der Waals surface area (Å²) in [5, 5.41) is 36.9. The van der Waals surface area contributed by atoms with Gasteiger partial charge in [0.1, 0.15) is 0 Å². The quantitative estimate of drug-likeness (QED) is 0.194. The topological polar surface area (TPSA) is 202 Å². The van der Waals surface area contributed by atoms with E-state index in [2.05, 4.69) is 0 Å². The van der Waals surface area contributed by atoms with Crippen LogP contribution in [0.2, 0.25) is 0 Å². The molecule has 0 aromatic heterocycles. The summed E-state index contributed by atoms with van der Waals surface area (Å²) in [5.41, 5.74) is 14.3. The second-order valence-electron chi connectivity index (χ2n) is 1.77. The molecule has 0 aliphatic heterocycles. The molecule has 10 heteroatoms. The van der Waals surface area contributed by atoms with Gasteiger partial charge in [-0.2, -0.15) is 0 Å². The normalized spacial score (nSPS) is 7.12. The lowest BCUT2D eigenvalue weighted by Gasteiger charge is -1.71. The van der Waals surface area contributed by atoms with Crippen molar-refractivity contribution >= 4 is 0 Å². The van der Waals surface area contributed by atoms with Crippen LogP contribution in [0.4, 0.5) is 0 Å². The summed E-state index contributed by atoms with van der Waals surface area (Å²) in [6.45, 7) is 1.42. The van der Waals surface area contributed by atoms with Crippen molar-refractivity contribution in [3.63, 3.8) is 0 Å². The number of hydrogen-bond acceptors (Lipinski definition) is 8. The fourth-order valence-corrected chi connectivity index (χ4v) is 0. The highest BCUT2D eigenvalue weighted by molar-refractivity contribution is 4.18. The Kier molecular flexibility index (Phi) is 56.1. The molecule has 0 saturated heterocycles. The van der Waals surface area contributed by atoms with Crippen molar-refractivity contribution in [2.75, 3.05) is 39.5 Å². The Labute approximate surface area is 93.4 Å². The van der Waals surface area contributed by atoms with Gasteiger partial charge in [-0.15, -0.1) is 10.1 Å². The molecular weight excluding hydrogens is 224 g/mol. The molecule has 0 saturated carbocycles. The molecule has 10 nitrogen and oxygen atoms in total. The monoisotopic (exact) mass is 246 g/mol. The fourth-order valence-electron chi connectivity index (χ4n) is 0. The predicted molar refractivity (Wildman–Crippen MR) is 57.2 cm³/mol. The average Bonchev–Trinajstić information content (AvgIpc) is 2.28. The van der Waals surface area contributed by atoms with Crippen molar-refractivity contribution in [2.45, 2.75) is 0 Å². The highest BCUT2D eigenvalue weighted by atomic mass is 16.9. The van der Waals surface area contributed by atoms with Gasteiger partial charge in [-0.05, 0) is 0 Å². The van der Waals surface area contributed by atoms with Gasteiger partial charge in [0.2, 0.25) is 0 Å². The molecule has 0 spiro atoms. The fraction of sp³-hybridized carbons (Fsp3) is 1.00. The van der Waals surface area contributed by atoms with E-state index < -0.39 is 5.09 Å². The minimum atomic E-state index is -1.50.